The Kier molecular flexibility index (Phi) is 6.74. The van der Waals surface area contributed by atoms with Crippen molar-refractivity contribution < 1.29 is 17.9 Å². The maximum Gasteiger partial charge on any atom is 0.261 e. The summed E-state index contributed by atoms with van der Waals surface area (Å²) >= 11 is 0. The van der Waals surface area contributed by atoms with Gasteiger partial charge in [0.2, 0.25) is 0 Å². The van der Waals surface area contributed by atoms with Crippen LogP contribution in [0.5, 0.6) is 5.75 Å². The normalized spacial score (nSPS) is 11.0. The number of sulfonamides is 1. The van der Waals surface area contributed by atoms with E-state index in [1.165, 1.54) is 12.1 Å². The van der Waals surface area contributed by atoms with Crippen molar-refractivity contribution in [2.75, 3.05) is 11.3 Å². The van der Waals surface area contributed by atoms with Gasteiger partial charge in [0.15, 0.2) is 0 Å². The van der Waals surface area contributed by atoms with Crippen molar-refractivity contribution in [1.82, 2.24) is 5.32 Å². The lowest BCUT2D eigenvalue weighted by Gasteiger charge is -2.12. The third-order valence-electron chi connectivity index (χ3n) is 4.42. The van der Waals surface area contributed by atoms with Gasteiger partial charge in [-0.05, 0) is 50.2 Å². The van der Waals surface area contributed by atoms with E-state index in [4.69, 9.17) is 4.74 Å². The molecule has 0 aliphatic heterocycles. The number of hydrogen-bond acceptors (Lipinski definition) is 4. The molecular formula is C23H24N2O4S. The van der Waals surface area contributed by atoms with Crippen LogP contribution in [0.4, 0.5) is 5.69 Å². The van der Waals surface area contributed by atoms with Crippen molar-refractivity contribution in [3.05, 3.63) is 89.5 Å². The maximum atomic E-state index is 12.7. The summed E-state index contributed by atoms with van der Waals surface area (Å²) < 4.78 is 33.5. The molecule has 30 heavy (non-hydrogen) atoms. The predicted molar refractivity (Wildman–Crippen MR) is 117 cm³/mol. The molecule has 2 N–H and O–H groups in total. The zero-order valence-electron chi connectivity index (χ0n) is 16.9. The highest BCUT2D eigenvalue weighted by Crippen LogP contribution is 2.19. The fourth-order valence-electron chi connectivity index (χ4n) is 2.86. The lowest BCUT2D eigenvalue weighted by molar-refractivity contribution is 0.0950. The Morgan fingerprint density at radius 2 is 1.70 bits per heavy atom. The van der Waals surface area contributed by atoms with Crippen LogP contribution in [0.15, 0.2) is 77.7 Å². The van der Waals surface area contributed by atoms with Gasteiger partial charge in [0.1, 0.15) is 5.75 Å². The second-order valence-electron chi connectivity index (χ2n) is 6.72. The Hall–Kier alpha value is -3.32. The highest BCUT2D eigenvalue weighted by Gasteiger charge is 2.17. The summed E-state index contributed by atoms with van der Waals surface area (Å²) in [5.41, 5.74) is 2.60. The van der Waals surface area contributed by atoms with Crippen LogP contribution in [-0.2, 0) is 16.6 Å². The Labute approximate surface area is 177 Å². The molecule has 3 aromatic carbocycles. The summed E-state index contributed by atoms with van der Waals surface area (Å²) in [5, 5.41) is 2.81. The second-order valence-corrected chi connectivity index (χ2v) is 8.41. The number of hydrogen-bond donors (Lipinski definition) is 2. The van der Waals surface area contributed by atoms with Crippen LogP contribution in [0.2, 0.25) is 0 Å². The fourth-order valence-corrected chi connectivity index (χ4v) is 3.97. The minimum absolute atomic E-state index is 0.0189. The van der Waals surface area contributed by atoms with Crippen LogP contribution in [0, 0.1) is 6.92 Å². The first-order valence-corrected chi connectivity index (χ1v) is 11.1. The van der Waals surface area contributed by atoms with Gasteiger partial charge < -0.3 is 10.1 Å². The molecule has 0 aromatic heterocycles. The SMILES string of the molecule is CCOc1ccccc1CNC(=O)c1cccc(S(=O)(=O)Nc2ccc(C)cc2)c1. The van der Waals surface area contributed by atoms with E-state index >= 15 is 0 Å². The lowest BCUT2D eigenvalue weighted by atomic mass is 10.1. The summed E-state index contributed by atoms with van der Waals surface area (Å²) in [4.78, 5) is 12.6. The van der Waals surface area contributed by atoms with Gasteiger partial charge in [0, 0.05) is 23.4 Å². The number of ether oxygens (including phenoxy) is 1. The molecule has 0 spiro atoms. The average molecular weight is 425 g/mol. The topological polar surface area (TPSA) is 84.5 Å². The van der Waals surface area contributed by atoms with E-state index in [0.29, 0.717) is 18.0 Å². The molecule has 0 atom stereocenters. The molecule has 3 rings (SSSR count). The van der Waals surface area contributed by atoms with Crippen molar-refractivity contribution in [2.45, 2.75) is 25.3 Å². The minimum atomic E-state index is -3.81. The van der Waals surface area contributed by atoms with Gasteiger partial charge in [0.05, 0.1) is 11.5 Å². The Balaban J connectivity index is 1.73. The molecule has 0 saturated carbocycles. The van der Waals surface area contributed by atoms with Crippen molar-refractivity contribution in [3.63, 3.8) is 0 Å². The van der Waals surface area contributed by atoms with E-state index < -0.39 is 10.0 Å². The number of anilines is 1. The van der Waals surface area contributed by atoms with Gasteiger partial charge in [-0.3, -0.25) is 9.52 Å². The lowest BCUT2D eigenvalue weighted by Crippen LogP contribution is -2.23. The third kappa shape index (κ3) is 5.39. The van der Waals surface area contributed by atoms with E-state index in [2.05, 4.69) is 10.0 Å². The van der Waals surface area contributed by atoms with Crippen LogP contribution < -0.4 is 14.8 Å². The number of para-hydroxylation sites is 1. The quantitative estimate of drug-likeness (QED) is 0.570. The zero-order chi connectivity index (χ0) is 21.6. The first-order chi connectivity index (χ1) is 14.4. The number of carbonyl (C=O) groups excluding carboxylic acids is 1. The smallest absolute Gasteiger partial charge is 0.261 e. The molecule has 156 valence electrons. The molecule has 1 amide bonds. The van der Waals surface area contributed by atoms with Gasteiger partial charge in [-0.25, -0.2) is 8.42 Å². The van der Waals surface area contributed by atoms with Crippen LogP contribution >= 0.6 is 0 Å². The highest BCUT2D eigenvalue weighted by atomic mass is 32.2. The molecule has 7 heteroatoms. The van der Waals surface area contributed by atoms with Crippen LogP contribution in [0.3, 0.4) is 0 Å². The molecule has 0 bridgehead atoms. The van der Waals surface area contributed by atoms with Crippen LogP contribution in [0.1, 0.15) is 28.4 Å². The summed E-state index contributed by atoms with van der Waals surface area (Å²) in [7, 11) is -3.81. The summed E-state index contributed by atoms with van der Waals surface area (Å²) in [5.74, 6) is 0.340. The van der Waals surface area contributed by atoms with E-state index in [-0.39, 0.29) is 22.9 Å². The van der Waals surface area contributed by atoms with Crippen LogP contribution in [0.25, 0.3) is 0 Å². The van der Waals surface area contributed by atoms with Gasteiger partial charge in [0.25, 0.3) is 15.9 Å². The number of nitrogens with one attached hydrogen (secondary N) is 2. The summed E-state index contributed by atoms with van der Waals surface area (Å²) in [6.07, 6.45) is 0. The number of benzene rings is 3. The van der Waals surface area contributed by atoms with Crippen molar-refractivity contribution in [3.8, 4) is 5.75 Å². The van der Waals surface area contributed by atoms with Gasteiger partial charge in [-0.2, -0.15) is 0 Å². The zero-order valence-corrected chi connectivity index (χ0v) is 17.7. The van der Waals surface area contributed by atoms with E-state index in [1.807, 2.05) is 50.2 Å². The number of rotatable bonds is 8. The monoisotopic (exact) mass is 424 g/mol. The Morgan fingerprint density at radius 3 is 2.43 bits per heavy atom. The Morgan fingerprint density at radius 1 is 0.967 bits per heavy atom. The molecule has 0 aliphatic rings. The maximum absolute atomic E-state index is 12.7. The minimum Gasteiger partial charge on any atom is -0.494 e. The van der Waals surface area contributed by atoms with Crippen molar-refractivity contribution >= 4 is 21.6 Å². The largest absolute Gasteiger partial charge is 0.494 e. The molecule has 0 saturated heterocycles. The number of carbonyl (C=O) groups is 1. The highest BCUT2D eigenvalue weighted by molar-refractivity contribution is 7.92. The van der Waals surface area contributed by atoms with Gasteiger partial charge >= 0.3 is 0 Å². The number of amides is 1. The Bertz CT molecular complexity index is 1130. The fraction of sp³-hybridized carbons (Fsp3) is 0.174. The first kappa shape index (κ1) is 21.4. The van der Waals surface area contributed by atoms with Crippen molar-refractivity contribution in [1.29, 1.82) is 0 Å². The molecule has 3 aromatic rings. The van der Waals surface area contributed by atoms with Gasteiger partial charge in [-0.1, -0.05) is 42.0 Å². The summed E-state index contributed by atoms with van der Waals surface area (Å²) in [6, 6.07) is 20.4. The molecular weight excluding hydrogens is 400 g/mol. The predicted octanol–water partition coefficient (Wildman–Crippen LogP) is 4.12. The first-order valence-electron chi connectivity index (χ1n) is 9.57. The van der Waals surface area contributed by atoms with Crippen molar-refractivity contribution in [2.24, 2.45) is 0 Å². The molecule has 0 heterocycles. The summed E-state index contributed by atoms with van der Waals surface area (Å²) in [6.45, 7) is 4.62. The molecule has 0 unspecified atom stereocenters. The van der Waals surface area contributed by atoms with E-state index in [9.17, 15) is 13.2 Å². The van der Waals surface area contributed by atoms with Gasteiger partial charge in [-0.15, -0.1) is 0 Å². The molecule has 6 nitrogen and oxygen atoms in total. The van der Waals surface area contributed by atoms with E-state index in [0.717, 1.165) is 11.1 Å². The standard InChI is InChI=1S/C23H24N2O4S/c1-3-29-22-10-5-4-7-19(22)16-24-23(26)18-8-6-9-21(15-18)30(27,28)25-20-13-11-17(2)12-14-20/h4-15,25H,3,16H2,1-2H3,(H,24,26). The third-order valence-corrected chi connectivity index (χ3v) is 5.80. The molecule has 0 fully saturated rings. The van der Waals surface area contributed by atoms with E-state index in [1.54, 1.807) is 24.3 Å². The second kappa shape index (κ2) is 9.45. The van der Waals surface area contributed by atoms with Crippen LogP contribution in [-0.4, -0.2) is 20.9 Å². The average Bonchev–Trinajstić information content (AvgIpc) is 2.75. The molecule has 0 aliphatic carbocycles. The number of aryl methyl sites for hydroxylation is 1. The molecule has 0 radical (unpaired) electrons.